The molecule has 116 valence electrons. The van der Waals surface area contributed by atoms with Gasteiger partial charge in [-0.25, -0.2) is 0 Å². The van der Waals surface area contributed by atoms with Gasteiger partial charge in [0, 0.05) is 5.66 Å². The minimum Gasteiger partial charge on any atom is -0.308 e. The van der Waals surface area contributed by atoms with Crippen LogP contribution in [0, 0.1) is 11.8 Å². The van der Waals surface area contributed by atoms with Gasteiger partial charge in [-0.2, -0.15) is 0 Å². The van der Waals surface area contributed by atoms with Crippen LogP contribution in [0.4, 0.5) is 0 Å². The molecule has 0 amide bonds. The van der Waals surface area contributed by atoms with Crippen molar-refractivity contribution in [3.8, 4) is 0 Å². The largest absolute Gasteiger partial charge is 0.308 e. The molecule has 1 N–H and O–H groups in total. The summed E-state index contributed by atoms with van der Waals surface area (Å²) in [5, 5.41) is 10.8. The van der Waals surface area contributed by atoms with Crippen molar-refractivity contribution in [3.63, 3.8) is 0 Å². The highest BCUT2D eigenvalue weighted by molar-refractivity contribution is 7.82. The van der Waals surface area contributed by atoms with Gasteiger partial charge < -0.3 is 5.21 Å². The van der Waals surface area contributed by atoms with E-state index in [0.717, 1.165) is 0 Å². The topological polar surface area (TPSA) is 23.5 Å². The molecular weight excluding hydrogens is 301 g/mol. The van der Waals surface area contributed by atoms with Crippen LogP contribution < -0.4 is 0 Å². The monoisotopic (exact) mass is 325 g/mol. The summed E-state index contributed by atoms with van der Waals surface area (Å²) >= 11 is 6.60. The van der Waals surface area contributed by atoms with Crippen molar-refractivity contribution in [3.05, 3.63) is 35.9 Å². The molecule has 0 aromatic heterocycles. The van der Waals surface area contributed by atoms with Crippen molar-refractivity contribution in [1.29, 1.82) is 0 Å². The highest BCUT2D eigenvalue weighted by atomic mass is 35.7. The number of hydrogen-bond acceptors (Lipinski definition) is 2. The van der Waals surface area contributed by atoms with E-state index in [1.165, 1.54) is 42.5 Å². The summed E-state index contributed by atoms with van der Waals surface area (Å²) in [6, 6.07) is 10.4. The van der Waals surface area contributed by atoms with Gasteiger partial charge in [-0.05, 0) is 24.3 Å². The molecule has 2 fully saturated rings. The molecule has 1 saturated carbocycles. The molecule has 1 unspecified atom stereocenters. The van der Waals surface area contributed by atoms with Crippen LogP contribution in [-0.2, 0) is 5.54 Å². The quantitative estimate of drug-likeness (QED) is 0.700. The number of halogens is 1. The Morgan fingerprint density at radius 2 is 1.81 bits per heavy atom. The van der Waals surface area contributed by atoms with E-state index < -0.39 is 7.43 Å². The van der Waals surface area contributed by atoms with Crippen molar-refractivity contribution in [2.45, 2.75) is 57.1 Å². The number of rotatable bonds is 2. The van der Waals surface area contributed by atoms with E-state index in [4.69, 9.17) is 11.2 Å². The average molecular weight is 326 g/mol. The van der Waals surface area contributed by atoms with Crippen LogP contribution in [0.2, 0.25) is 0 Å². The molecule has 4 heteroatoms. The van der Waals surface area contributed by atoms with E-state index in [0.29, 0.717) is 17.5 Å². The van der Waals surface area contributed by atoms with Gasteiger partial charge in [0.25, 0.3) is 0 Å². The van der Waals surface area contributed by atoms with E-state index >= 15 is 0 Å². The van der Waals surface area contributed by atoms with E-state index in [2.05, 4.69) is 38.1 Å². The number of benzene rings is 1. The van der Waals surface area contributed by atoms with Crippen LogP contribution >= 0.6 is 18.7 Å². The second kappa shape index (κ2) is 6.16. The van der Waals surface area contributed by atoms with Crippen LogP contribution in [0.1, 0.15) is 51.5 Å². The maximum absolute atomic E-state index is 10.8. The Morgan fingerprint density at radius 1 is 1.19 bits per heavy atom. The van der Waals surface area contributed by atoms with Gasteiger partial charge in [-0.3, -0.25) is 0 Å². The fourth-order valence-corrected chi connectivity index (χ4v) is 7.16. The average Bonchev–Trinajstić information content (AvgIpc) is 2.71. The first kappa shape index (κ1) is 15.7. The zero-order valence-electron chi connectivity index (χ0n) is 12.9. The van der Waals surface area contributed by atoms with Crippen molar-refractivity contribution in [2.24, 2.45) is 11.8 Å². The van der Waals surface area contributed by atoms with Crippen LogP contribution in [0.15, 0.2) is 30.3 Å². The zero-order chi connectivity index (χ0) is 15.0. The highest BCUT2D eigenvalue weighted by Crippen LogP contribution is 2.68. The summed E-state index contributed by atoms with van der Waals surface area (Å²) in [5.74, 6) is 1.12. The fourth-order valence-electron chi connectivity index (χ4n) is 4.54. The maximum Gasteiger partial charge on any atom is 0.0928 e. The Bertz CT molecular complexity index is 479. The summed E-state index contributed by atoms with van der Waals surface area (Å²) in [6.07, 6.45) is 6.57. The van der Waals surface area contributed by atoms with Crippen LogP contribution in [0.3, 0.4) is 0 Å². The molecule has 1 aromatic rings. The molecule has 4 atom stereocenters. The van der Waals surface area contributed by atoms with Gasteiger partial charge in [0.2, 0.25) is 0 Å². The van der Waals surface area contributed by atoms with Crippen LogP contribution in [0.25, 0.3) is 0 Å². The van der Waals surface area contributed by atoms with Gasteiger partial charge in [-0.15, -0.1) is 4.83 Å². The van der Waals surface area contributed by atoms with Crippen molar-refractivity contribution in [2.75, 3.05) is 0 Å². The first-order valence-electron chi connectivity index (χ1n) is 8.06. The van der Waals surface area contributed by atoms with Gasteiger partial charge in [0.05, 0.1) is 13.0 Å². The summed E-state index contributed by atoms with van der Waals surface area (Å²) < 4.78 is 0. The first-order chi connectivity index (χ1) is 10.1. The van der Waals surface area contributed by atoms with Crippen LogP contribution in [0.5, 0.6) is 0 Å². The Hall–Kier alpha value is -0.140. The van der Waals surface area contributed by atoms with Crippen molar-refractivity contribution in [1.82, 2.24) is 4.83 Å². The third kappa shape index (κ3) is 2.55. The Labute approximate surface area is 134 Å². The molecule has 2 nitrogen and oxygen atoms in total. The normalized spacial score (nSPS) is 38.8. The number of hydrogen-bond donors (Lipinski definition) is 1. The predicted octanol–water partition coefficient (Wildman–Crippen LogP) is 5.74. The summed E-state index contributed by atoms with van der Waals surface area (Å²) in [5.41, 5.74) is 1.21. The Kier molecular flexibility index (Phi) is 4.62. The first-order valence-corrected chi connectivity index (χ1v) is 10.3. The summed E-state index contributed by atoms with van der Waals surface area (Å²) in [7, 11) is -1.00. The van der Waals surface area contributed by atoms with E-state index in [1.807, 2.05) is 6.07 Å². The number of nitrogens with zero attached hydrogens (tertiary/aromatic N) is 1. The third-order valence-electron chi connectivity index (χ3n) is 5.62. The third-order valence-corrected chi connectivity index (χ3v) is 8.74. The molecule has 1 aliphatic heterocycles. The molecule has 1 aromatic carbocycles. The molecule has 1 heterocycles. The summed E-state index contributed by atoms with van der Waals surface area (Å²) in [6.45, 7) is 4.41. The van der Waals surface area contributed by atoms with Gasteiger partial charge in [0.1, 0.15) is 0 Å². The standard InChI is InChI=1S/C17H25ClNOP/c1-13-16(14-9-5-3-6-10-14)17(2,19(20)21(13)18)15-11-7-4-8-12-15/h4,7-8,11-14,16,20H,3,5-6,9-10H2,1-2H3/t13-,16-,17+,21?/m0/s1. The molecule has 21 heavy (non-hydrogen) atoms. The Morgan fingerprint density at radius 3 is 2.43 bits per heavy atom. The lowest BCUT2D eigenvalue weighted by atomic mass is 9.67. The van der Waals surface area contributed by atoms with Gasteiger partial charge >= 0.3 is 0 Å². The molecule has 1 aliphatic carbocycles. The highest BCUT2D eigenvalue weighted by Gasteiger charge is 2.57. The molecule has 0 spiro atoms. The van der Waals surface area contributed by atoms with Gasteiger partial charge in [0.15, 0.2) is 0 Å². The van der Waals surface area contributed by atoms with E-state index in [-0.39, 0.29) is 5.54 Å². The minimum atomic E-state index is -1.00. The molecule has 3 rings (SSSR count). The lowest BCUT2D eigenvalue weighted by molar-refractivity contribution is -0.102. The second-order valence-corrected chi connectivity index (χ2v) is 9.57. The van der Waals surface area contributed by atoms with E-state index in [1.54, 1.807) is 0 Å². The predicted molar refractivity (Wildman–Crippen MR) is 89.7 cm³/mol. The summed E-state index contributed by atoms with van der Waals surface area (Å²) in [4.78, 5) is 1.49. The SMILES string of the molecule is C[C@H]1[C@@H](C2CCCCC2)[C@@](C)(c2ccccc2)N(O)P1Cl. The number of hydroxylamine groups is 1. The maximum atomic E-state index is 10.8. The zero-order valence-corrected chi connectivity index (χ0v) is 14.5. The lowest BCUT2D eigenvalue weighted by Crippen LogP contribution is -2.44. The second-order valence-electron chi connectivity index (χ2n) is 6.76. The smallest absolute Gasteiger partial charge is 0.0928 e. The minimum absolute atomic E-state index is 0.351. The molecule has 0 radical (unpaired) electrons. The molecule has 2 aliphatic rings. The van der Waals surface area contributed by atoms with E-state index in [9.17, 15) is 5.21 Å². The molecule has 0 bridgehead atoms. The lowest BCUT2D eigenvalue weighted by Gasteiger charge is -2.41. The molecular formula is C17H25ClNOP. The van der Waals surface area contributed by atoms with Gasteiger partial charge in [-0.1, -0.05) is 80.6 Å². The molecule has 1 saturated heterocycles. The fraction of sp³-hybridized carbons (Fsp3) is 0.647. The van der Waals surface area contributed by atoms with Crippen molar-refractivity contribution < 1.29 is 5.21 Å². The van der Waals surface area contributed by atoms with Crippen LogP contribution in [-0.4, -0.2) is 15.7 Å². The van der Waals surface area contributed by atoms with Crippen molar-refractivity contribution >= 4 is 18.7 Å². The Balaban J connectivity index is 2.01.